The molecule has 0 aliphatic carbocycles. The van der Waals surface area contributed by atoms with Crippen molar-refractivity contribution >= 4 is 18.0 Å². The zero-order valence-electron chi connectivity index (χ0n) is 18.8. The molecule has 0 saturated carbocycles. The van der Waals surface area contributed by atoms with Gasteiger partial charge in [-0.05, 0) is 39.2 Å². The van der Waals surface area contributed by atoms with Crippen LogP contribution in [0.4, 0.5) is 4.79 Å². The van der Waals surface area contributed by atoms with Gasteiger partial charge in [0.15, 0.2) is 0 Å². The van der Waals surface area contributed by atoms with E-state index in [-0.39, 0.29) is 18.5 Å². The molecule has 0 radical (unpaired) electrons. The molecule has 0 saturated heterocycles. The van der Waals surface area contributed by atoms with Crippen LogP contribution in [0.2, 0.25) is 0 Å². The van der Waals surface area contributed by atoms with Gasteiger partial charge >= 0.3 is 12.1 Å². The standard InChI is InChI=1S/C14H27NO4.C8H9NO2/c1-14(2,3)19-13(17)11-9-7-6-8-10-12(16)15(4)18-5;9-8(10)11-6-7-4-2-1-3-5-7/h6-11H2,1-5H3;1-5H,6H2,(H2,9,10). The molecule has 0 unspecified atom stereocenters. The summed E-state index contributed by atoms with van der Waals surface area (Å²) in [4.78, 5) is 37.8. The molecule has 0 aromatic heterocycles. The second kappa shape index (κ2) is 15.3. The third-order valence-corrected chi connectivity index (χ3v) is 3.79. The van der Waals surface area contributed by atoms with Crippen molar-refractivity contribution in [3.05, 3.63) is 35.9 Å². The maximum absolute atomic E-state index is 11.4. The van der Waals surface area contributed by atoms with Crippen molar-refractivity contribution in [3.63, 3.8) is 0 Å². The number of amides is 2. The van der Waals surface area contributed by atoms with Crippen LogP contribution in [0.25, 0.3) is 0 Å². The number of nitrogens with zero attached hydrogens (tertiary/aromatic N) is 1. The van der Waals surface area contributed by atoms with E-state index in [1.54, 1.807) is 7.05 Å². The van der Waals surface area contributed by atoms with Crippen molar-refractivity contribution in [1.29, 1.82) is 0 Å². The molecule has 0 bridgehead atoms. The summed E-state index contributed by atoms with van der Waals surface area (Å²) in [6, 6.07) is 9.37. The Morgan fingerprint density at radius 2 is 1.53 bits per heavy atom. The molecule has 1 aromatic carbocycles. The fourth-order valence-electron chi connectivity index (χ4n) is 2.28. The number of ether oxygens (including phenoxy) is 2. The summed E-state index contributed by atoms with van der Waals surface area (Å²) in [5, 5.41) is 1.24. The van der Waals surface area contributed by atoms with Gasteiger partial charge in [-0.1, -0.05) is 43.2 Å². The van der Waals surface area contributed by atoms with Gasteiger partial charge in [-0.3, -0.25) is 14.4 Å². The number of nitrogens with two attached hydrogens (primary N) is 1. The number of carbonyl (C=O) groups is 3. The number of primary amides is 1. The van der Waals surface area contributed by atoms with E-state index >= 15 is 0 Å². The number of carbonyl (C=O) groups excluding carboxylic acids is 3. The Morgan fingerprint density at radius 1 is 0.967 bits per heavy atom. The van der Waals surface area contributed by atoms with Gasteiger partial charge in [0.1, 0.15) is 12.2 Å². The highest BCUT2D eigenvalue weighted by atomic mass is 16.7. The zero-order chi connectivity index (χ0) is 23.0. The molecule has 0 spiro atoms. The lowest BCUT2D eigenvalue weighted by atomic mass is 10.1. The number of esters is 1. The number of hydroxylamine groups is 2. The van der Waals surface area contributed by atoms with Gasteiger partial charge in [-0.2, -0.15) is 0 Å². The van der Waals surface area contributed by atoms with Crippen LogP contribution in [0.3, 0.4) is 0 Å². The van der Waals surface area contributed by atoms with Gasteiger partial charge in [0.2, 0.25) is 5.91 Å². The van der Waals surface area contributed by atoms with Crippen LogP contribution in [-0.2, 0) is 30.5 Å². The van der Waals surface area contributed by atoms with Crippen LogP contribution in [0.5, 0.6) is 0 Å². The lowest BCUT2D eigenvalue weighted by molar-refractivity contribution is -0.168. The first-order valence-corrected chi connectivity index (χ1v) is 10.0. The van der Waals surface area contributed by atoms with Crippen molar-refractivity contribution in [2.24, 2.45) is 5.73 Å². The summed E-state index contributed by atoms with van der Waals surface area (Å²) in [5.41, 5.74) is 5.31. The highest BCUT2D eigenvalue weighted by molar-refractivity contribution is 5.74. The number of unbranched alkanes of at least 4 members (excludes halogenated alkanes) is 3. The SMILES string of the molecule is CON(C)C(=O)CCCCCCC(=O)OC(C)(C)C.NC(=O)OCc1ccccc1. The normalized spacial score (nSPS) is 10.4. The maximum Gasteiger partial charge on any atom is 0.404 e. The Kier molecular flexibility index (Phi) is 13.9. The molecule has 0 aliphatic heterocycles. The summed E-state index contributed by atoms with van der Waals surface area (Å²) in [5.74, 6) is -0.169. The molecule has 170 valence electrons. The molecule has 30 heavy (non-hydrogen) atoms. The Labute approximate surface area is 179 Å². The molecule has 8 heteroatoms. The van der Waals surface area contributed by atoms with E-state index in [1.165, 1.54) is 12.2 Å². The molecule has 2 N–H and O–H groups in total. The number of hydrogen-bond donors (Lipinski definition) is 1. The Morgan fingerprint density at radius 3 is 2.03 bits per heavy atom. The molecule has 8 nitrogen and oxygen atoms in total. The number of rotatable bonds is 10. The highest BCUT2D eigenvalue weighted by Crippen LogP contribution is 2.12. The average Bonchev–Trinajstić information content (AvgIpc) is 2.68. The van der Waals surface area contributed by atoms with Crippen LogP contribution in [-0.4, -0.2) is 42.8 Å². The fraction of sp³-hybridized carbons (Fsp3) is 0.591. The van der Waals surface area contributed by atoms with Gasteiger partial charge in [-0.25, -0.2) is 9.86 Å². The fourth-order valence-corrected chi connectivity index (χ4v) is 2.28. The molecule has 0 atom stereocenters. The lowest BCUT2D eigenvalue weighted by Gasteiger charge is -2.19. The van der Waals surface area contributed by atoms with Crippen molar-refractivity contribution in [2.75, 3.05) is 14.2 Å². The average molecular weight is 425 g/mol. The molecule has 2 amide bonds. The lowest BCUT2D eigenvalue weighted by Crippen LogP contribution is -2.24. The van der Waals surface area contributed by atoms with Gasteiger partial charge in [0.25, 0.3) is 0 Å². The third-order valence-electron chi connectivity index (χ3n) is 3.79. The summed E-state index contributed by atoms with van der Waals surface area (Å²) < 4.78 is 9.78. The van der Waals surface area contributed by atoms with Crippen LogP contribution < -0.4 is 5.73 Å². The van der Waals surface area contributed by atoms with Crippen LogP contribution in [0, 0.1) is 0 Å². The van der Waals surface area contributed by atoms with Gasteiger partial charge in [-0.15, -0.1) is 0 Å². The number of benzene rings is 1. The van der Waals surface area contributed by atoms with E-state index in [0.717, 1.165) is 31.2 Å². The van der Waals surface area contributed by atoms with Crippen molar-refractivity contribution in [3.8, 4) is 0 Å². The summed E-state index contributed by atoms with van der Waals surface area (Å²) >= 11 is 0. The monoisotopic (exact) mass is 424 g/mol. The van der Waals surface area contributed by atoms with Gasteiger partial charge in [0.05, 0.1) is 7.11 Å². The quantitative estimate of drug-likeness (QED) is 0.346. The van der Waals surface area contributed by atoms with E-state index in [9.17, 15) is 14.4 Å². The van der Waals surface area contributed by atoms with Crippen molar-refractivity contribution in [1.82, 2.24) is 5.06 Å². The first-order valence-electron chi connectivity index (χ1n) is 10.0. The summed E-state index contributed by atoms with van der Waals surface area (Å²) in [7, 11) is 3.07. The first-order chi connectivity index (χ1) is 14.0. The van der Waals surface area contributed by atoms with E-state index in [4.69, 9.17) is 15.3 Å². The molecular formula is C22H36N2O6. The maximum atomic E-state index is 11.4. The van der Waals surface area contributed by atoms with Crippen molar-refractivity contribution < 1.29 is 28.7 Å². The first kappa shape index (κ1) is 27.4. The Hall–Kier alpha value is -2.61. The van der Waals surface area contributed by atoms with Crippen LogP contribution in [0.1, 0.15) is 64.9 Å². The van der Waals surface area contributed by atoms with E-state index in [2.05, 4.69) is 4.74 Å². The zero-order valence-corrected chi connectivity index (χ0v) is 18.8. The second-order valence-corrected chi connectivity index (χ2v) is 7.67. The third kappa shape index (κ3) is 16.4. The van der Waals surface area contributed by atoms with Gasteiger partial charge < -0.3 is 15.2 Å². The topological polar surface area (TPSA) is 108 Å². The molecule has 0 aliphatic rings. The molecular weight excluding hydrogens is 388 g/mol. The minimum absolute atomic E-state index is 0.0188. The Balaban J connectivity index is 0.000000642. The van der Waals surface area contributed by atoms with E-state index < -0.39 is 11.7 Å². The summed E-state index contributed by atoms with van der Waals surface area (Å²) in [6.07, 6.45) is 3.69. The van der Waals surface area contributed by atoms with Crippen molar-refractivity contribution in [2.45, 2.75) is 71.5 Å². The highest BCUT2D eigenvalue weighted by Gasteiger charge is 2.15. The predicted molar refractivity (Wildman–Crippen MR) is 114 cm³/mol. The van der Waals surface area contributed by atoms with E-state index in [0.29, 0.717) is 12.8 Å². The van der Waals surface area contributed by atoms with Crippen LogP contribution >= 0.6 is 0 Å². The predicted octanol–water partition coefficient (Wildman–Crippen LogP) is 3.97. The van der Waals surface area contributed by atoms with E-state index in [1.807, 2.05) is 51.1 Å². The number of hydrogen-bond acceptors (Lipinski definition) is 6. The minimum Gasteiger partial charge on any atom is -0.460 e. The largest absolute Gasteiger partial charge is 0.460 e. The molecule has 0 heterocycles. The summed E-state index contributed by atoms with van der Waals surface area (Å²) in [6.45, 7) is 5.84. The minimum atomic E-state index is -0.742. The smallest absolute Gasteiger partial charge is 0.404 e. The Bertz CT molecular complexity index is 628. The van der Waals surface area contributed by atoms with Crippen LogP contribution in [0.15, 0.2) is 30.3 Å². The van der Waals surface area contributed by atoms with Gasteiger partial charge in [0, 0.05) is 19.9 Å². The second-order valence-electron chi connectivity index (χ2n) is 7.67. The molecule has 1 aromatic rings. The molecule has 0 fully saturated rings. The molecule has 1 rings (SSSR count).